The summed E-state index contributed by atoms with van der Waals surface area (Å²) in [5.41, 5.74) is 0.300. The minimum absolute atomic E-state index is 0.250. The van der Waals surface area contributed by atoms with E-state index in [9.17, 15) is 4.79 Å². The second-order valence-corrected chi connectivity index (χ2v) is 4.51. The number of para-hydroxylation sites is 1. The van der Waals surface area contributed by atoms with Gasteiger partial charge in [-0.05, 0) is 26.8 Å². The molecule has 0 atom stereocenters. The highest BCUT2D eigenvalue weighted by Gasteiger charge is 2.28. The minimum Gasteiger partial charge on any atom is -0.496 e. The van der Waals surface area contributed by atoms with Gasteiger partial charge in [0.05, 0.1) is 13.7 Å². The molecule has 0 saturated carbocycles. The van der Waals surface area contributed by atoms with Gasteiger partial charge in [0.1, 0.15) is 11.3 Å². The Kier molecular flexibility index (Phi) is 5.16. The largest absolute Gasteiger partial charge is 0.496 e. The van der Waals surface area contributed by atoms with Crippen LogP contribution >= 0.6 is 0 Å². The van der Waals surface area contributed by atoms with Gasteiger partial charge in [-0.3, -0.25) is 10.1 Å². The van der Waals surface area contributed by atoms with Gasteiger partial charge in [-0.2, -0.15) is 0 Å². The molecule has 0 aliphatic carbocycles. The maximum Gasteiger partial charge on any atom is 0.325 e. The predicted molar refractivity (Wildman–Crippen MR) is 70.5 cm³/mol. The van der Waals surface area contributed by atoms with E-state index in [0.29, 0.717) is 13.2 Å². The molecule has 100 valence electrons. The van der Waals surface area contributed by atoms with Crippen LogP contribution in [0.25, 0.3) is 0 Å². The van der Waals surface area contributed by atoms with Crippen molar-refractivity contribution in [3.8, 4) is 5.75 Å². The summed E-state index contributed by atoms with van der Waals surface area (Å²) in [5.74, 6) is 0.560. The van der Waals surface area contributed by atoms with Gasteiger partial charge in [0, 0.05) is 12.1 Å². The fourth-order valence-electron chi connectivity index (χ4n) is 1.55. The molecule has 0 radical (unpaired) electrons. The number of esters is 1. The predicted octanol–water partition coefficient (Wildman–Crippen LogP) is 2.13. The smallest absolute Gasteiger partial charge is 0.325 e. The summed E-state index contributed by atoms with van der Waals surface area (Å²) in [5, 5.41) is 3.18. The van der Waals surface area contributed by atoms with Gasteiger partial charge in [-0.25, -0.2) is 0 Å². The zero-order valence-corrected chi connectivity index (χ0v) is 11.4. The second-order valence-electron chi connectivity index (χ2n) is 4.51. The number of hydrogen-bond donors (Lipinski definition) is 1. The Morgan fingerprint density at radius 3 is 2.61 bits per heavy atom. The molecule has 1 aromatic carbocycles. The molecule has 0 aliphatic heterocycles. The van der Waals surface area contributed by atoms with E-state index in [2.05, 4.69) is 5.32 Å². The minimum atomic E-state index is -0.711. The molecule has 4 nitrogen and oxygen atoms in total. The van der Waals surface area contributed by atoms with E-state index in [1.165, 1.54) is 0 Å². The third-order valence-electron chi connectivity index (χ3n) is 2.70. The van der Waals surface area contributed by atoms with Crippen molar-refractivity contribution in [2.45, 2.75) is 32.9 Å². The summed E-state index contributed by atoms with van der Waals surface area (Å²) >= 11 is 0. The Labute approximate surface area is 108 Å². The third kappa shape index (κ3) is 3.74. The van der Waals surface area contributed by atoms with Gasteiger partial charge in [0.25, 0.3) is 0 Å². The van der Waals surface area contributed by atoms with E-state index in [-0.39, 0.29) is 5.97 Å². The summed E-state index contributed by atoms with van der Waals surface area (Å²) in [6, 6.07) is 7.72. The highest BCUT2D eigenvalue weighted by molar-refractivity contribution is 5.79. The highest BCUT2D eigenvalue weighted by atomic mass is 16.5. The first-order valence-corrected chi connectivity index (χ1v) is 6.05. The van der Waals surface area contributed by atoms with E-state index in [1.807, 2.05) is 24.3 Å². The lowest BCUT2D eigenvalue weighted by Crippen LogP contribution is -2.47. The molecule has 0 aliphatic rings. The van der Waals surface area contributed by atoms with E-state index < -0.39 is 5.54 Å². The van der Waals surface area contributed by atoms with Gasteiger partial charge in [0.15, 0.2) is 0 Å². The van der Waals surface area contributed by atoms with Crippen molar-refractivity contribution in [2.75, 3.05) is 13.7 Å². The average Bonchev–Trinajstić information content (AvgIpc) is 2.37. The molecule has 4 heteroatoms. The Hall–Kier alpha value is -1.55. The quantitative estimate of drug-likeness (QED) is 0.787. The van der Waals surface area contributed by atoms with Gasteiger partial charge in [-0.15, -0.1) is 0 Å². The SMILES string of the molecule is CCOC(=O)C(C)(C)NCc1ccccc1OC. The molecule has 0 saturated heterocycles. The van der Waals surface area contributed by atoms with Crippen LogP contribution in [0, 0.1) is 0 Å². The van der Waals surface area contributed by atoms with Crippen LogP contribution in [0.15, 0.2) is 24.3 Å². The number of benzene rings is 1. The summed E-state index contributed by atoms with van der Waals surface area (Å²) < 4.78 is 10.3. The molecular weight excluding hydrogens is 230 g/mol. The first-order valence-electron chi connectivity index (χ1n) is 6.05. The molecule has 0 bridgehead atoms. The molecule has 18 heavy (non-hydrogen) atoms. The van der Waals surface area contributed by atoms with E-state index in [1.54, 1.807) is 27.9 Å². The van der Waals surface area contributed by atoms with Crippen LogP contribution in [0.4, 0.5) is 0 Å². The van der Waals surface area contributed by atoms with Crippen LogP contribution in [0.5, 0.6) is 5.75 Å². The van der Waals surface area contributed by atoms with Gasteiger partial charge < -0.3 is 9.47 Å². The lowest BCUT2D eigenvalue weighted by atomic mass is 10.1. The first-order chi connectivity index (χ1) is 8.51. The van der Waals surface area contributed by atoms with Crippen molar-refractivity contribution in [3.05, 3.63) is 29.8 Å². The molecule has 0 amide bonds. The number of carbonyl (C=O) groups is 1. The molecule has 1 N–H and O–H groups in total. The molecule has 1 rings (SSSR count). The Bertz CT molecular complexity index is 402. The highest BCUT2D eigenvalue weighted by Crippen LogP contribution is 2.18. The molecule has 0 fully saturated rings. The van der Waals surface area contributed by atoms with Crippen molar-refractivity contribution in [3.63, 3.8) is 0 Å². The van der Waals surface area contributed by atoms with E-state index >= 15 is 0 Å². The lowest BCUT2D eigenvalue weighted by molar-refractivity contribution is -0.149. The Morgan fingerprint density at radius 2 is 2.00 bits per heavy atom. The van der Waals surface area contributed by atoms with Crippen LogP contribution in [0.1, 0.15) is 26.3 Å². The average molecular weight is 251 g/mol. The summed E-state index contributed by atoms with van der Waals surface area (Å²) in [4.78, 5) is 11.7. The fraction of sp³-hybridized carbons (Fsp3) is 0.500. The normalized spacial score (nSPS) is 11.1. The molecule has 1 aromatic rings. The standard InChI is InChI=1S/C14H21NO3/c1-5-18-13(16)14(2,3)15-10-11-8-6-7-9-12(11)17-4/h6-9,15H,5,10H2,1-4H3. The summed E-state index contributed by atoms with van der Waals surface area (Å²) in [6.07, 6.45) is 0. The Morgan fingerprint density at radius 1 is 1.33 bits per heavy atom. The number of carbonyl (C=O) groups excluding carboxylic acids is 1. The molecule has 0 heterocycles. The fourth-order valence-corrected chi connectivity index (χ4v) is 1.55. The van der Waals surface area contributed by atoms with E-state index in [0.717, 1.165) is 11.3 Å². The maximum absolute atomic E-state index is 11.7. The van der Waals surface area contributed by atoms with Crippen molar-refractivity contribution >= 4 is 5.97 Å². The van der Waals surface area contributed by atoms with Gasteiger partial charge in [-0.1, -0.05) is 18.2 Å². The van der Waals surface area contributed by atoms with Crippen LogP contribution in [-0.2, 0) is 16.1 Å². The monoisotopic (exact) mass is 251 g/mol. The van der Waals surface area contributed by atoms with Gasteiger partial charge >= 0.3 is 5.97 Å². The molecule has 0 aromatic heterocycles. The molecular formula is C14H21NO3. The van der Waals surface area contributed by atoms with Crippen LogP contribution in [-0.4, -0.2) is 25.2 Å². The summed E-state index contributed by atoms with van der Waals surface area (Å²) in [7, 11) is 1.63. The maximum atomic E-state index is 11.7. The van der Waals surface area contributed by atoms with Gasteiger partial charge in [0.2, 0.25) is 0 Å². The number of methoxy groups -OCH3 is 1. The first kappa shape index (κ1) is 14.5. The van der Waals surface area contributed by atoms with Crippen LogP contribution in [0.2, 0.25) is 0 Å². The molecule has 0 unspecified atom stereocenters. The number of rotatable bonds is 6. The number of ether oxygens (including phenoxy) is 2. The zero-order chi connectivity index (χ0) is 13.6. The van der Waals surface area contributed by atoms with Crippen molar-refractivity contribution in [2.24, 2.45) is 0 Å². The number of hydrogen-bond acceptors (Lipinski definition) is 4. The van der Waals surface area contributed by atoms with Crippen LogP contribution in [0.3, 0.4) is 0 Å². The molecule has 0 spiro atoms. The van der Waals surface area contributed by atoms with Crippen LogP contribution < -0.4 is 10.1 Å². The van der Waals surface area contributed by atoms with Crippen molar-refractivity contribution in [1.82, 2.24) is 5.32 Å². The second kappa shape index (κ2) is 6.40. The van der Waals surface area contributed by atoms with Crippen molar-refractivity contribution < 1.29 is 14.3 Å². The summed E-state index contributed by atoms with van der Waals surface area (Å²) in [6.45, 7) is 6.35. The number of nitrogens with one attached hydrogen (secondary N) is 1. The lowest BCUT2D eigenvalue weighted by Gasteiger charge is -2.24. The van der Waals surface area contributed by atoms with E-state index in [4.69, 9.17) is 9.47 Å². The zero-order valence-electron chi connectivity index (χ0n) is 11.4. The van der Waals surface area contributed by atoms with Crippen molar-refractivity contribution in [1.29, 1.82) is 0 Å². The Balaban J connectivity index is 2.66. The topological polar surface area (TPSA) is 47.6 Å². The third-order valence-corrected chi connectivity index (χ3v) is 2.70.